The second kappa shape index (κ2) is 7.52. The number of hydrogen-bond acceptors (Lipinski definition) is 2. The summed E-state index contributed by atoms with van der Waals surface area (Å²) >= 11 is 0. The SMILES string of the molecule is CCCCCc1cc(-c2ccccc2)c(F)c(F)c1B(O)O. The Morgan fingerprint density at radius 3 is 2.27 bits per heavy atom. The van der Waals surface area contributed by atoms with E-state index in [0.717, 1.165) is 19.3 Å². The second-order valence-corrected chi connectivity index (χ2v) is 5.32. The third-order valence-corrected chi connectivity index (χ3v) is 3.72. The van der Waals surface area contributed by atoms with Crippen LogP contribution in [0, 0.1) is 11.6 Å². The van der Waals surface area contributed by atoms with E-state index in [0.29, 0.717) is 17.5 Å². The van der Waals surface area contributed by atoms with E-state index < -0.39 is 18.8 Å². The zero-order valence-corrected chi connectivity index (χ0v) is 12.5. The summed E-state index contributed by atoms with van der Waals surface area (Å²) in [5, 5.41) is 18.8. The molecule has 0 aliphatic carbocycles. The van der Waals surface area contributed by atoms with Crippen LogP contribution in [0.25, 0.3) is 11.1 Å². The van der Waals surface area contributed by atoms with E-state index in [4.69, 9.17) is 0 Å². The molecule has 0 fully saturated rings. The molecule has 0 saturated carbocycles. The van der Waals surface area contributed by atoms with Crippen molar-refractivity contribution in [3.05, 3.63) is 53.6 Å². The summed E-state index contributed by atoms with van der Waals surface area (Å²) in [6, 6.07) is 10.2. The third-order valence-electron chi connectivity index (χ3n) is 3.72. The molecule has 22 heavy (non-hydrogen) atoms. The molecule has 0 aliphatic rings. The van der Waals surface area contributed by atoms with Crippen molar-refractivity contribution in [1.82, 2.24) is 0 Å². The Kier molecular flexibility index (Phi) is 5.69. The Bertz CT molecular complexity index is 630. The van der Waals surface area contributed by atoms with Crippen molar-refractivity contribution in [2.75, 3.05) is 0 Å². The molecule has 0 bridgehead atoms. The monoisotopic (exact) mass is 304 g/mol. The minimum absolute atomic E-state index is 0.147. The number of unbranched alkanes of at least 4 members (excludes halogenated alkanes) is 2. The molecule has 2 rings (SSSR count). The van der Waals surface area contributed by atoms with Crippen molar-refractivity contribution >= 4 is 12.6 Å². The average Bonchev–Trinajstić information content (AvgIpc) is 2.51. The lowest BCUT2D eigenvalue weighted by Gasteiger charge is -2.14. The minimum atomic E-state index is -2.02. The molecule has 0 amide bonds. The number of halogens is 2. The molecule has 0 spiro atoms. The summed E-state index contributed by atoms with van der Waals surface area (Å²) in [5.74, 6) is -2.23. The van der Waals surface area contributed by atoms with Gasteiger partial charge in [0.1, 0.15) is 0 Å². The Morgan fingerprint density at radius 2 is 1.68 bits per heavy atom. The molecule has 2 aromatic rings. The predicted molar refractivity (Wildman–Crippen MR) is 84.8 cm³/mol. The summed E-state index contributed by atoms with van der Waals surface area (Å²) < 4.78 is 28.6. The van der Waals surface area contributed by atoms with Gasteiger partial charge in [0, 0.05) is 11.0 Å². The quantitative estimate of drug-likeness (QED) is 0.636. The maximum atomic E-state index is 14.3. The van der Waals surface area contributed by atoms with Gasteiger partial charge in [-0.25, -0.2) is 8.78 Å². The fourth-order valence-corrected chi connectivity index (χ4v) is 2.57. The van der Waals surface area contributed by atoms with Crippen molar-refractivity contribution < 1.29 is 18.8 Å². The van der Waals surface area contributed by atoms with E-state index in [1.165, 1.54) is 6.07 Å². The minimum Gasteiger partial charge on any atom is -0.423 e. The number of hydrogen-bond donors (Lipinski definition) is 2. The summed E-state index contributed by atoms with van der Waals surface area (Å²) in [7, 11) is -2.02. The van der Waals surface area contributed by atoms with Gasteiger partial charge in [-0.15, -0.1) is 0 Å². The van der Waals surface area contributed by atoms with Gasteiger partial charge in [0.05, 0.1) is 0 Å². The van der Waals surface area contributed by atoms with Gasteiger partial charge in [0.2, 0.25) is 0 Å². The van der Waals surface area contributed by atoms with E-state index >= 15 is 0 Å². The lowest BCUT2D eigenvalue weighted by atomic mass is 9.74. The smallest absolute Gasteiger partial charge is 0.423 e. The highest BCUT2D eigenvalue weighted by molar-refractivity contribution is 6.59. The van der Waals surface area contributed by atoms with Gasteiger partial charge in [-0.2, -0.15) is 0 Å². The van der Waals surface area contributed by atoms with Crippen LogP contribution < -0.4 is 5.46 Å². The molecule has 0 unspecified atom stereocenters. The fourth-order valence-electron chi connectivity index (χ4n) is 2.57. The average molecular weight is 304 g/mol. The van der Waals surface area contributed by atoms with Crippen LogP contribution in [0.4, 0.5) is 8.78 Å². The van der Waals surface area contributed by atoms with Gasteiger partial charge < -0.3 is 10.0 Å². The highest BCUT2D eigenvalue weighted by atomic mass is 19.2. The fraction of sp³-hybridized carbons (Fsp3) is 0.294. The Hall–Kier alpha value is -1.72. The first-order valence-corrected chi connectivity index (χ1v) is 7.48. The van der Waals surface area contributed by atoms with Crippen LogP contribution in [0.3, 0.4) is 0 Å². The molecule has 2 nitrogen and oxygen atoms in total. The standard InChI is InChI=1S/C17H19BF2O2/c1-2-3-5-10-13-11-14(12-8-6-4-7-9-12)16(19)17(20)15(13)18(21)22/h4,6-9,11,21-22H,2-3,5,10H2,1H3. The number of aryl methyl sites for hydroxylation is 1. The van der Waals surface area contributed by atoms with E-state index in [-0.39, 0.29) is 11.0 Å². The van der Waals surface area contributed by atoms with Crippen molar-refractivity contribution in [2.24, 2.45) is 0 Å². The van der Waals surface area contributed by atoms with Crippen LogP contribution in [0.1, 0.15) is 31.7 Å². The normalized spacial score (nSPS) is 10.8. The van der Waals surface area contributed by atoms with Crippen molar-refractivity contribution in [1.29, 1.82) is 0 Å². The summed E-state index contributed by atoms with van der Waals surface area (Å²) in [4.78, 5) is 0. The zero-order valence-electron chi connectivity index (χ0n) is 12.5. The lowest BCUT2D eigenvalue weighted by Crippen LogP contribution is -2.37. The summed E-state index contributed by atoms with van der Waals surface area (Å²) in [5.41, 5.74) is 0.804. The Balaban J connectivity index is 2.52. The highest BCUT2D eigenvalue weighted by Crippen LogP contribution is 2.26. The molecule has 116 valence electrons. The number of benzene rings is 2. The predicted octanol–water partition coefficient (Wildman–Crippen LogP) is 3.04. The summed E-state index contributed by atoms with van der Waals surface area (Å²) in [6.07, 6.45) is 3.21. The molecule has 0 atom stereocenters. The van der Waals surface area contributed by atoms with E-state index in [2.05, 4.69) is 0 Å². The Labute approximate surface area is 129 Å². The van der Waals surface area contributed by atoms with Crippen LogP contribution in [0.5, 0.6) is 0 Å². The van der Waals surface area contributed by atoms with Crippen LogP contribution in [-0.2, 0) is 6.42 Å². The molecule has 0 radical (unpaired) electrons. The van der Waals surface area contributed by atoms with Gasteiger partial charge in [-0.05, 0) is 30.0 Å². The van der Waals surface area contributed by atoms with Crippen LogP contribution in [-0.4, -0.2) is 17.2 Å². The van der Waals surface area contributed by atoms with Gasteiger partial charge in [0.15, 0.2) is 11.6 Å². The van der Waals surface area contributed by atoms with E-state index in [1.807, 2.05) is 6.92 Å². The molecular weight excluding hydrogens is 285 g/mol. The molecule has 0 aliphatic heterocycles. The lowest BCUT2D eigenvalue weighted by molar-refractivity contribution is 0.419. The second-order valence-electron chi connectivity index (χ2n) is 5.32. The van der Waals surface area contributed by atoms with Gasteiger partial charge in [-0.3, -0.25) is 0 Å². The third kappa shape index (κ3) is 3.54. The van der Waals surface area contributed by atoms with Gasteiger partial charge in [0.25, 0.3) is 0 Å². The summed E-state index contributed by atoms with van der Waals surface area (Å²) in [6.45, 7) is 2.04. The van der Waals surface area contributed by atoms with Gasteiger partial charge >= 0.3 is 7.12 Å². The highest BCUT2D eigenvalue weighted by Gasteiger charge is 2.26. The maximum absolute atomic E-state index is 14.3. The van der Waals surface area contributed by atoms with Crippen LogP contribution >= 0.6 is 0 Å². The molecule has 0 heterocycles. The molecule has 2 aromatic carbocycles. The molecule has 0 saturated heterocycles. The molecule has 2 N–H and O–H groups in total. The van der Waals surface area contributed by atoms with E-state index in [9.17, 15) is 18.8 Å². The number of rotatable bonds is 6. The van der Waals surface area contributed by atoms with Crippen molar-refractivity contribution in [2.45, 2.75) is 32.6 Å². The first-order valence-electron chi connectivity index (χ1n) is 7.48. The maximum Gasteiger partial charge on any atom is 0.491 e. The van der Waals surface area contributed by atoms with Crippen LogP contribution in [0.15, 0.2) is 36.4 Å². The zero-order chi connectivity index (χ0) is 16.1. The van der Waals surface area contributed by atoms with Crippen LogP contribution in [0.2, 0.25) is 0 Å². The Morgan fingerprint density at radius 1 is 1.00 bits per heavy atom. The largest absolute Gasteiger partial charge is 0.491 e. The van der Waals surface area contributed by atoms with Crippen molar-refractivity contribution in [3.63, 3.8) is 0 Å². The molecular formula is C17H19BF2O2. The van der Waals surface area contributed by atoms with E-state index in [1.54, 1.807) is 30.3 Å². The molecule has 5 heteroatoms. The van der Waals surface area contributed by atoms with Crippen molar-refractivity contribution in [3.8, 4) is 11.1 Å². The van der Waals surface area contributed by atoms with Gasteiger partial charge in [-0.1, -0.05) is 50.1 Å². The first kappa shape index (κ1) is 16.7. The first-order chi connectivity index (χ1) is 10.6. The molecule has 0 aromatic heterocycles. The topological polar surface area (TPSA) is 40.5 Å².